The Kier molecular flexibility index (Phi) is 6.91. The molecule has 0 aliphatic heterocycles. The molecule has 226 valence electrons. The lowest BCUT2D eigenvalue weighted by Gasteiger charge is -2.66. The van der Waals surface area contributed by atoms with Crippen molar-refractivity contribution in [3.8, 4) is 28.8 Å². The van der Waals surface area contributed by atoms with Gasteiger partial charge in [-0.15, -0.1) is 0 Å². The first-order valence-corrected chi connectivity index (χ1v) is 13.9. The van der Waals surface area contributed by atoms with Crippen LogP contribution >= 0.6 is 0 Å². The van der Waals surface area contributed by atoms with Crippen molar-refractivity contribution >= 4 is 17.5 Å². The minimum Gasteiger partial charge on any atom is -0.507 e. The van der Waals surface area contributed by atoms with E-state index in [0.717, 1.165) is 0 Å². The summed E-state index contributed by atoms with van der Waals surface area (Å²) in [5.74, 6) is -7.29. The first kappa shape index (κ1) is 29.9. The molecule has 2 unspecified atom stereocenters. The Bertz CT molecular complexity index is 1490. The van der Waals surface area contributed by atoms with Gasteiger partial charge in [0.05, 0.1) is 37.4 Å². The number of rotatable bonds is 5. The third kappa shape index (κ3) is 3.74. The lowest BCUT2D eigenvalue weighted by atomic mass is 9.39. The lowest BCUT2D eigenvalue weighted by molar-refractivity contribution is -0.265. The molecule has 2 aromatic rings. The summed E-state index contributed by atoms with van der Waals surface area (Å²) in [7, 11) is 2.84. The van der Waals surface area contributed by atoms with E-state index in [1.54, 1.807) is 33.8 Å². The smallest absolute Gasteiger partial charge is 0.319 e. The number of hydrogen-bond donors (Lipinski definition) is 5. The van der Waals surface area contributed by atoms with E-state index in [0.29, 0.717) is 16.7 Å². The number of Topliss-reactive ketones (excluding diaryl/α,β-unsaturated/α-hetero) is 2. The van der Waals surface area contributed by atoms with Gasteiger partial charge in [-0.2, -0.15) is 4.98 Å². The van der Waals surface area contributed by atoms with E-state index in [-0.39, 0.29) is 42.0 Å². The molecule has 1 aromatic heterocycles. The number of ketones is 2. The van der Waals surface area contributed by atoms with Gasteiger partial charge in [0.1, 0.15) is 17.8 Å². The van der Waals surface area contributed by atoms with Gasteiger partial charge in [-0.3, -0.25) is 14.4 Å². The van der Waals surface area contributed by atoms with Crippen LogP contribution in [0.2, 0.25) is 0 Å². The number of fused-ring (bicyclic) bond motifs is 3. The van der Waals surface area contributed by atoms with Crippen LogP contribution in [-0.2, 0) is 16.0 Å². The van der Waals surface area contributed by atoms with E-state index in [1.165, 1.54) is 26.5 Å². The second-order valence-corrected chi connectivity index (χ2v) is 12.7. The molecule has 1 heterocycles. The largest absolute Gasteiger partial charge is 0.507 e. The fraction of sp³-hybridized carbons (Fsp3) is 0.567. The number of methoxy groups -OCH3 is 2. The molecule has 6 N–H and O–H groups in total. The number of carbonyl (C=O) groups is 3. The van der Waals surface area contributed by atoms with Gasteiger partial charge in [0, 0.05) is 11.6 Å². The maximum absolute atomic E-state index is 14.3. The highest BCUT2D eigenvalue weighted by atomic mass is 16.5. The number of hydrogen-bond acceptors (Lipinski definition) is 11. The molecule has 3 aliphatic rings. The molecular formula is C30H37N3O9. The molecule has 0 spiro atoms. The number of phenols is 1. The van der Waals surface area contributed by atoms with Gasteiger partial charge >= 0.3 is 6.01 Å². The highest BCUT2D eigenvalue weighted by Crippen LogP contribution is 2.66. The maximum atomic E-state index is 14.3. The second kappa shape index (κ2) is 9.72. The average molecular weight is 584 g/mol. The Labute approximate surface area is 242 Å². The zero-order valence-corrected chi connectivity index (χ0v) is 24.4. The van der Waals surface area contributed by atoms with Crippen molar-refractivity contribution in [3.05, 3.63) is 29.5 Å². The number of aliphatic hydroxyl groups is 3. The Morgan fingerprint density at radius 3 is 2.36 bits per heavy atom. The number of nitrogens with two attached hydrogens (primary N) is 1. The zero-order valence-electron chi connectivity index (χ0n) is 24.4. The number of carbonyl (C=O) groups excluding carboxylic acids is 3. The molecule has 1 aromatic carbocycles. The summed E-state index contributed by atoms with van der Waals surface area (Å²) in [6.45, 7) is 6.99. The molecule has 5 rings (SSSR count). The van der Waals surface area contributed by atoms with Gasteiger partial charge < -0.3 is 35.6 Å². The third-order valence-corrected chi connectivity index (χ3v) is 10.1. The van der Waals surface area contributed by atoms with Crippen LogP contribution in [0.1, 0.15) is 50.0 Å². The Balaban J connectivity index is 1.73. The number of ether oxygens (including phenoxy) is 2. The summed E-state index contributed by atoms with van der Waals surface area (Å²) in [6.07, 6.45) is -1.78. The molecule has 8 atom stereocenters. The summed E-state index contributed by atoms with van der Waals surface area (Å²) in [4.78, 5) is 48.9. The molecule has 0 radical (unpaired) electrons. The molecule has 12 nitrogen and oxygen atoms in total. The second-order valence-electron chi connectivity index (χ2n) is 12.7. The number of benzene rings is 1. The summed E-state index contributed by atoms with van der Waals surface area (Å²) in [6, 6.07) is 3.04. The fourth-order valence-corrected chi connectivity index (χ4v) is 8.57. The monoisotopic (exact) mass is 583 g/mol. The molecule has 3 aliphatic carbocycles. The number of amides is 1. The van der Waals surface area contributed by atoms with Crippen molar-refractivity contribution < 1.29 is 44.3 Å². The van der Waals surface area contributed by atoms with E-state index in [4.69, 9.17) is 15.2 Å². The van der Waals surface area contributed by atoms with Crippen molar-refractivity contribution in [2.45, 2.75) is 58.3 Å². The van der Waals surface area contributed by atoms with Gasteiger partial charge in [-0.25, -0.2) is 4.98 Å². The predicted molar refractivity (Wildman–Crippen MR) is 148 cm³/mol. The Hall–Kier alpha value is -3.61. The standard InChI is InChI=1S/C30H37N3O9/c1-12(2)19-22(36)18(25(31)39)23(37)30(40)24(38)20-21(35)17-14(9-28(20,3)11-29(19,30)4)13(7-8-16(17)34)15-10-32-27(42-6)33-26(15)41-5/h7-8,10,12,18-20,22,24,34,36,38,40H,9,11H2,1-6H3,(H2,31,39)/t18-,19+,20-,22?,24?,28-,29-,30+/m1/s1. The Morgan fingerprint density at radius 1 is 1.12 bits per heavy atom. The highest BCUT2D eigenvalue weighted by Gasteiger charge is 2.75. The van der Waals surface area contributed by atoms with Crippen LogP contribution in [0.15, 0.2) is 18.3 Å². The zero-order chi connectivity index (χ0) is 31.1. The molecule has 0 saturated heterocycles. The van der Waals surface area contributed by atoms with Crippen LogP contribution in [0.25, 0.3) is 11.1 Å². The lowest BCUT2D eigenvalue weighted by Crippen LogP contribution is -2.79. The molecular weight excluding hydrogens is 546 g/mol. The molecule has 42 heavy (non-hydrogen) atoms. The van der Waals surface area contributed by atoms with Crippen LogP contribution in [0, 0.1) is 34.5 Å². The third-order valence-electron chi connectivity index (χ3n) is 10.1. The number of primary amides is 1. The summed E-state index contributed by atoms with van der Waals surface area (Å²) < 4.78 is 10.6. The molecule has 12 heteroatoms. The number of nitrogens with zero attached hydrogens (tertiary/aromatic N) is 2. The fourth-order valence-electron chi connectivity index (χ4n) is 8.57. The van der Waals surface area contributed by atoms with Crippen LogP contribution in [0.4, 0.5) is 0 Å². The van der Waals surface area contributed by atoms with Crippen molar-refractivity contribution in [2.24, 2.45) is 40.2 Å². The first-order chi connectivity index (χ1) is 19.6. The van der Waals surface area contributed by atoms with E-state index < -0.39 is 63.9 Å². The van der Waals surface area contributed by atoms with Gasteiger partial charge in [0.15, 0.2) is 17.2 Å². The van der Waals surface area contributed by atoms with E-state index in [1.807, 2.05) is 0 Å². The minimum absolute atomic E-state index is 0.0336. The van der Waals surface area contributed by atoms with Crippen molar-refractivity contribution in [1.82, 2.24) is 9.97 Å². The average Bonchev–Trinajstić information content (AvgIpc) is 2.90. The van der Waals surface area contributed by atoms with E-state index in [9.17, 15) is 34.8 Å². The molecule has 1 amide bonds. The quantitative estimate of drug-likeness (QED) is 0.315. The molecule has 0 bridgehead atoms. The summed E-state index contributed by atoms with van der Waals surface area (Å²) >= 11 is 0. The van der Waals surface area contributed by atoms with Gasteiger partial charge in [0.2, 0.25) is 11.8 Å². The predicted octanol–water partition coefficient (Wildman–Crippen LogP) is 1.05. The van der Waals surface area contributed by atoms with Gasteiger partial charge in [0.25, 0.3) is 0 Å². The van der Waals surface area contributed by atoms with Crippen LogP contribution in [0.5, 0.6) is 17.6 Å². The summed E-state index contributed by atoms with van der Waals surface area (Å²) in [5.41, 5.74) is 1.80. The molecule has 2 fully saturated rings. The van der Waals surface area contributed by atoms with Crippen molar-refractivity contribution in [1.29, 1.82) is 0 Å². The molecule has 2 saturated carbocycles. The minimum atomic E-state index is -2.57. The first-order valence-electron chi connectivity index (χ1n) is 13.9. The van der Waals surface area contributed by atoms with E-state index in [2.05, 4.69) is 9.97 Å². The Morgan fingerprint density at radius 2 is 1.79 bits per heavy atom. The number of aromatic nitrogens is 2. The number of phenolic OH excluding ortho intramolecular Hbond substituents is 1. The summed E-state index contributed by atoms with van der Waals surface area (Å²) in [5, 5.41) is 46.3. The topological polar surface area (TPSA) is 202 Å². The van der Waals surface area contributed by atoms with Crippen molar-refractivity contribution in [3.63, 3.8) is 0 Å². The SMILES string of the molecule is COc1ncc(-c2ccc(O)c3c2C[C@]2(C)C[C@]4(C)[C@@H](C(C)C)C(O)[C@@H](C(N)=O)C(=O)[C@]4(O)C(O)[C@H]2C3=O)c(OC)n1. The van der Waals surface area contributed by atoms with Crippen LogP contribution in [0.3, 0.4) is 0 Å². The van der Waals surface area contributed by atoms with Gasteiger partial charge in [-0.05, 0) is 47.3 Å². The van der Waals surface area contributed by atoms with E-state index >= 15 is 0 Å². The number of aliphatic hydroxyl groups excluding tert-OH is 2. The van der Waals surface area contributed by atoms with Crippen LogP contribution < -0.4 is 15.2 Å². The van der Waals surface area contributed by atoms with Crippen molar-refractivity contribution in [2.75, 3.05) is 14.2 Å². The maximum Gasteiger partial charge on any atom is 0.319 e. The van der Waals surface area contributed by atoms with Crippen LogP contribution in [-0.4, -0.2) is 79.9 Å². The van der Waals surface area contributed by atoms with Gasteiger partial charge in [-0.1, -0.05) is 33.8 Å². The normalized spacial score (nSPS) is 35.7. The number of aromatic hydroxyl groups is 1. The highest BCUT2D eigenvalue weighted by molar-refractivity contribution is 6.09.